The first kappa shape index (κ1) is 22.7. The Labute approximate surface area is 197 Å². The Morgan fingerprint density at radius 2 is 1.85 bits per heavy atom. The Bertz CT molecular complexity index is 1320. The minimum atomic E-state index is 0.334. The van der Waals surface area contributed by atoms with Crippen molar-refractivity contribution in [3.8, 4) is 34.1 Å². The summed E-state index contributed by atoms with van der Waals surface area (Å²) in [5.74, 6) is 1.24. The van der Waals surface area contributed by atoms with Crippen molar-refractivity contribution in [1.29, 1.82) is 0 Å². The highest BCUT2D eigenvalue weighted by Gasteiger charge is 2.22. The maximum atomic E-state index is 6.54. The number of nitrogens with zero attached hydrogens (tertiary/aromatic N) is 4. The lowest BCUT2D eigenvalue weighted by atomic mass is 10.1. The van der Waals surface area contributed by atoms with Crippen molar-refractivity contribution in [3.05, 3.63) is 47.7 Å². The van der Waals surface area contributed by atoms with Crippen LogP contribution in [0, 0.1) is 0 Å². The van der Waals surface area contributed by atoms with Gasteiger partial charge in [-0.3, -0.25) is 0 Å². The van der Waals surface area contributed by atoms with E-state index in [1.807, 2.05) is 61.1 Å². The second-order valence-electron chi connectivity index (χ2n) is 7.99. The molecule has 0 spiro atoms. The predicted molar refractivity (Wildman–Crippen MR) is 134 cm³/mol. The van der Waals surface area contributed by atoms with Crippen LogP contribution < -0.4 is 20.9 Å². The summed E-state index contributed by atoms with van der Waals surface area (Å²) in [7, 11) is 7.47. The normalized spacial score (nSPS) is 11.3. The highest BCUT2D eigenvalue weighted by atomic mass is 35.5. The van der Waals surface area contributed by atoms with Crippen LogP contribution in [0.2, 0.25) is 5.02 Å². The molecule has 0 unspecified atom stereocenters. The van der Waals surface area contributed by atoms with Crippen LogP contribution in [0.1, 0.15) is 0 Å². The van der Waals surface area contributed by atoms with E-state index in [0.717, 1.165) is 23.0 Å². The van der Waals surface area contributed by atoms with Crippen molar-refractivity contribution >= 4 is 33.9 Å². The summed E-state index contributed by atoms with van der Waals surface area (Å²) in [5.41, 5.74) is 16.6. The number of aromatic nitrogens is 3. The molecule has 0 aliphatic carbocycles. The molecule has 2 aromatic carbocycles. The highest BCUT2D eigenvalue weighted by molar-refractivity contribution is 6.33. The van der Waals surface area contributed by atoms with Crippen LogP contribution in [-0.4, -0.2) is 53.8 Å². The number of ether oxygens (including phenoxy) is 2. The van der Waals surface area contributed by atoms with E-state index in [1.54, 1.807) is 19.4 Å². The lowest BCUT2D eigenvalue weighted by molar-refractivity contribution is 0.261. The maximum absolute atomic E-state index is 6.54. The van der Waals surface area contributed by atoms with Crippen LogP contribution in [-0.2, 0) is 7.05 Å². The summed E-state index contributed by atoms with van der Waals surface area (Å²) < 4.78 is 13.4. The minimum Gasteiger partial charge on any atom is -0.494 e. The Morgan fingerprint density at radius 3 is 2.58 bits per heavy atom. The SMILES string of the molecule is COc1cc(OCCN(C)C)c(N)c(-c2ncc(Cl)c(-c3cn(C)c4ccccc34)n2)c1N. The zero-order valence-electron chi connectivity index (χ0n) is 19.1. The number of hydrogen-bond acceptors (Lipinski definition) is 7. The average Bonchev–Trinajstić information content (AvgIpc) is 3.13. The summed E-state index contributed by atoms with van der Waals surface area (Å²) in [5, 5.41) is 1.46. The van der Waals surface area contributed by atoms with Crippen LogP contribution in [0.5, 0.6) is 11.5 Å². The third kappa shape index (κ3) is 4.27. The second-order valence-corrected chi connectivity index (χ2v) is 8.40. The zero-order chi connectivity index (χ0) is 23.7. The molecule has 9 heteroatoms. The molecule has 0 aliphatic rings. The molecule has 0 fully saturated rings. The fraction of sp³-hybridized carbons (Fsp3) is 0.250. The predicted octanol–water partition coefficient (Wildman–Crippen LogP) is 4.07. The number of fused-ring (bicyclic) bond motifs is 1. The van der Waals surface area contributed by atoms with E-state index >= 15 is 0 Å². The van der Waals surface area contributed by atoms with E-state index in [2.05, 4.69) is 4.98 Å². The molecule has 0 bridgehead atoms. The quantitative estimate of drug-likeness (QED) is 0.395. The molecule has 0 aliphatic heterocycles. The van der Waals surface area contributed by atoms with Gasteiger partial charge in [-0.15, -0.1) is 0 Å². The number of halogens is 1. The van der Waals surface area contributed by atoms with E-state index in [1.165, 1.54) is 0 Å². The second kappa shape index (κ2) is 9.17. The Balaban J connectivity index is 1.86. The first-order valence-corrected chi connectivity index (χ1v) is 10.8. The summed E-state index contributed by atoms with van der Waals surface area (Å²) in [4.78, 5) is 11.2. The number of hydrogen-bond donors (Lipinski definition) is 2. The molecule has 4 aromatic rings. The van der Waals surface area contributed by atoms with Gasteiger partial charge in [0.05, 0.1) is 41.0 Å². The van der Waals surface area contributed by atoms with Crippen LogP contribution in [0.3, 0.4) is 0 Å². The molecule has 33 heavy (non-hydrogen) atoms. The van der Waals surface area contributed by atoms with Crippen LogP contribution in [0.15, 0.2) is 42.7 Å². The van der Waals surface area contributed by atoms with Gasteiger partial charge in [-0.05, 0) is 20.2 Å². The van der Waals surface area contributed by atoms with E-state index < -0.39 is 0 Å². The number of aryl methyl sites for hydroxylation is 1. The van der Waals surface area contributed by atoms with Gasteiger partial charge >= 0.3 is 0 Å². The lowest BCUT2D eigenvalue weighted by Crippen LogP contribution is -2.20. The van der Waals surface area contributed by atoms with Crippen LogP contribution in [0.4, 0.5) is 11.4 Å². The molecule has 0 amide bonds. The van der Waals surface area contributed by atoms with Gasteiger partial charge in [0.2, 0.25) is 0 Å². The van der Waals surface area contributed by atoms with Gasteiger partial charge in [-0.25, -0.2) is 9.97 Å². The minimum absolute atomic E-state index is 0.334. The molecule has 0 saturated heterocycles. The molecule has 0 saturated carbocycles. The maximum Gasteiger partial charge on any atom is 0.164 e. The number of anilines is 2. The molecule has 4 N–H and O–H groups in total. The fourth-order valence-corrected chi connectivity index (χ4v) is 3.93. The van der Waals surface area contributed by atoms with Crippen molar-refractivity contribution in [2.24, 2.45) is 7.05 Å². The number of nitrogen functional groups attached to an aromatic ring is 2. The fourth-order valence-electron chi connectivity index (χ4n) is 3.74. The van der Waals surface area contributed by atoms with Crippen LogP contribution >= 0.6 is 11.6 Å². The van der Waals surface area contributed by atoms with Gasteiger partial charge in [0.1, 0.15) is 18.1 Å². The molecular formula is C24H27ClN6O2. The Morgan fingerprint density at radius 1 is 1.12 bits per heavy atom. The van der Waals surface area contributed by atoms with Gasteiger partial charge in [0.25, 0.3) is 0 Å². The van der Waals surface area contributed by atoms with Crippen molar-refractivity contribution in [3.63, 3.8) is 0 Å². The highest BCUT2D eigenvalue weighted by Crippen LogP contribution is 2.44. The number of benzene rings is 2. The monoisotopic (exact) mass is 466 g/mol. The van der Waals surface area contributed by atoms with Crippen molar-refractivity contribution in [2.75, 3.05) is 45.8 Å². The van der Waals surface area contributed by atoms with Crippen molar-refractivity contribution in [1.82, 2.24) is 19.4 Å². The molecule has 0 radical (unpaired) electrons. The van der Waals surface area contributed by atoms with Gasteiger partial charge in [-0.2, -0.15) is 0 Å². The molecule has 172 valence electrons. The molecule has 8 nitrogen and oxygen atoms in total. The Kier molecular flexibility index (Phi) is 6.31. The van der Waals surface area contributed by atoms with Gasteiger partial charge < -0.3 is 30.4 Å². The van der Waals surface area contributed by atoms with Gasteiger partial charge in [0.15, 0.2) is 5.82 Å². The average molecular weight is 467 g/mol. The largest absolute Gasteiger partial charge is 0.494 e. The first-order valence-electron chi connectivity index (χ1n) is 10.4. The van der Waals surface area contributed by atoms with Crippen molar-refractivity contribution in [2.45, 2.75) is 0 Å². The third-order valence-corrected chi connectivity index (χ3v) is 5.74. The van der Waals surface area contributed by atoms with Crippen molar-refractivity contribution < 1.29 is 9.47 Å². The van der Waals surface area contributed by atoms with E-state index in [-0.39, 0.29) is 0 Å². The molecule has 0 atom stereocenters. The summed E-state index contributed by atoms with van der Waals surface area (Å²) in [6, 6.07) is 9.75. The van der Waals surface area contributed by atoms with Crippen LogP contribution in [0.25, 0.3) is 33.5 Å². The third-order valence-electron chi connectivity index (χ3n) is 5.47. The number of methoxy groups -OCH3 is 1. The summed E-state index contributed by atoms with van der Waals surface area (Å²) in [6.07, 6.45) is 3.56. The molecule has 2 aromatic heterocycles. The topological polar surface area (TPSA) is 104 Å². The summed E-state index contributed by atoms with van der Waals surface area (Å²) >= 11 is 6.54. The Hall–Kier alpha value is -3.49. The lowest BCUT2D eigenvalue weighted by Gasteiger charge is -2.18. The number of para-hydroxylation sites is 1. The molecular weight excluding hydrogens is 440 g/mol. The molecule has 4 rings (SSSR count). The number of likely N-dealkylation sites (N-methyl/N-ethyl adjacent to an activating group) is 1. The zero-order valence-corrected chi connectivity index (χ0v) is 19.8. The standard InChI is InChI=1S/C24H27ClN6O2/c1-30(2)9-10-33-19-11-18(32-4)21(26)20(22(19)27)24-28-12-16(25)23(29-24)15-13-31(3)17-8-6-5-7-14(15)17/h5-8,11-13H,9-10,26-27H2,1-4H3. The van der Waals surface area contributed by atoms with Gasteiger partial charge in [-0.1, -0.05) is 29.8 Å². The van der Waals surface area contributed by atoms with E-state index in [4.69, 9.17) is 37.5 Å². The summed E-state index contributed by atoms with van der Waals surface area (Å²) in [6.45, 7) is 1.18. The number of nitrogens with two attached hydrogens (primary N) is 2. The van der Waals surface area contributed by atoms with Gasteiger partial charge in [0, 0.05) is 42.3 Å². The smallest absolute Gasteiger partial charge is 0.164 e. The van der Waals surface area contributed by atoms with E-state index in [0.29, 0.717) is 51.6 Å². The molecule has 2 heterocycles. The first-order chi connectivity index (χ1) is 15.8. The van der Waals surface area contributed by atoms with E-state index in [9.17, 15) is 0 Å². The number of rotatable bonds is 7.